The van der Waals surface area contributed by atoms with Gasteiger partial charge in [0.15, 0.2) is 5.54 Å². The SMILES string of the molecule is COCCOC(=O)c1ccccc1C1=c2cc3c(cc2Oc2cc4c(cc21)C(C)=CC(C)(C)N4)=[NH+]C(C)(C)C=C3C.[O-][Cl+3]([O-])([O-])[O-]. The van der Waals surface area contributed by atoms with E-state index in [0.29, 0.717) is 12.2 Å². The molecule has 0 unspecified atom stereocenters. The zero-order valence-electron chi connectivity index (χ0n) is 26.8. The first-order valence-corrected chi connectivity index (χ1v) is 15.9. The smallest absolute Gasteiger partial charge is 0.338 e. The fourth-order valence-electron chi connectivity index (χ4n) is 6.31. The van der Waals surface area contributed by atoms with Crippen LogP contribution in [0, 0.1) is 10.2 Å². The highest BCUT2D eigenvalue weighted by molar-refractivity contribution is 6.00. The highest BCUT2D eigenvalue weighted by Gasteiger charge is 2.31. The minimum absolute atomic E-state index is 0.179. The summed E-state index contributed by atoms with van der Waals surface area (Å²) in [5.74, 6) is 1.11. The zero-order valence-corrected chi connectivity index (χ0v) is 27.6. The summed E-state index contributed by atoms with van der Waals surface area (Å²) in [7, 11) is -3.35. The van der Waals surface area contributed by atoms with E-state index in [1.165, 1.54) is 11.1 Å². The summed E-state index contributed by atoms with van der Waals surface area (Å²) in [4.78, 5) is 17.0. The van der Waals surface area contributed by atoms with Crippen molar-refractivity contribution in [3.8, 4) is 11.5 Å². The molecule has 10 nitrogen and oxygen atoms in total. The molecule has 0 atom stereocenters. The Morgan fingerprint density at radius 3 is 2.24 bits per heavy atom. The summed E-state index contributed by atoms with van der Waals surface area (Å²) in [6.07, 6.45) is 4.50. The molecule has 3 aromatic carbocycles. The van der Waals surface area contributed by atoms with E-state index < -0.39 is 10.2 Å². The second-order valence-electron chi connectivity index (χ2n) is 12.7. The third-order valence-corrected chi connectivity index (χ3v) is 7.85. The quantitative estimate of drug-likeness (QED) is 0.216. The topological polar surface area (TPSA) is 163 Å². The Bertz CT molecular complexity index is 1900. The van der Waals surface area contributed by atoms with E-state index >= 15 is 0 Å². The van der Waals surface area contributed by atoms with E-state index in [-0.39, 0.29) is 23.7 Å². The van der Waals surface area contributed by atoms with Crippen LogP contribution in [0.2, 0.25) is 0 Å². The summed E-state index contributed by atoms with van der Waals surface area (Å²) in [6.45, 7) is 13.5. The van der Waals surface area contributed by atoms with Crippen LogP contribution in [0.25, 0.3) is 16.7 Å². The number of anilines is 1. The fourth-order valence-corrected chi connectivity index (χ4v) is 6.31. The van der Waals surface area contributed by atoms with Gasteiger partial charge in [0.25, 0.3) is 0 Å². The molecule has 0 radical (unpaired) electrons. The second-order valence-corrected chi connectivity index (χ2v) is 13.4. The van der Waals surface area contributed by atoms with Gasteiger partial charge in [-0.25, -0.2) is 28.4 Å². The molecule has 2 N–H and O–H groups in total. The van der Waals surface area contributed by atoms with Gasteiger partial charge in [0, 0.05) is 60.2 Å². The highest BCUT2D eigenvalue weighted by Crippen LogP contribution is 2.44. The van der Waals surface area contributed by atoms with E-state index in [4.69, 9.17) is 32.8 Å². The number of allylic oxidation sites excluding steroid dienone is 2. The number of rotatable bonds is 5. The number of halogens is 1. The molecule has 6 rings (SSSR count). The van der Waals surface area contributed by atoms with Crippen LogP contribution < -0.4 is 44.3 Å². The van der Waals surface area contributed by atoms with E-state index in [0.717, 1.165) is 55.6 Å². The summed E-state index contributed by atoms with van der Waals surface area (Å²) < 4.78 is 51.3. The van der Waals surface area contributed by atoms with E-state index in [9.17, 15) is 4.79 Å². The minimum atomic E-state index is -4.94. The van der Waals surface area contributed by atoms with Crippen molar-refractivity contribution < 1.29 is 52.9 Å². The molecule has 46 heavy (non-hydrogen) atoms. The van der Waals surface area contributed by atoms with Crippen LogP contribution >= 0.6 is 0 Å². The standard InChI is InChI=1S/C35H36N2O4.ClHO4/c1-20-18-34(3,4)36-28-16-30-26(14-24(20)28)32(22-10-8-9-11-23(22)33(38)40-13-12-39-7)27-15-25-21(2)19-35(5,6)37-29(25)17-31(27)41-30;2-1(3,4)5/h8-11,14-19,36H,12-13H2,1-7H3;(H,2,3,4,5). The molecule has 242 valence electrons. The first-order valence-electron chi connectivity index (χ1n) is 14.7. The average Bonchev–Trinajstić information content (AvgIpc) is 2.92. The average molecular weight is 649 g/mol. The third-order valence-electron chi connectivity index (χ3n) is 7.85. The lowest BCUT2D eigenvalue weighted by Crippen LogP contribution is -2.89. The molecular formula is C35H37ClN2O8. The zero-order chi connectivity index (χ0) is 33.6. The Hall–Kier alpha value is -4.03. The van der Waals surface area contributed by atoms with Crippen molar-refractivity contribution in [2.45, 2.75) is 52.6 Å². The summed E-state index contributed by atoms with van der Waals surface area (Å²) in [6, 6.07) is 16.2. The van der Waals surface area contributed by atoms with Crippen LogP contribution in [0.3, 0.4) is 0 Å². The summed E-state index contributed by atoms with van der Waals surface area (Å²) in [5.41, 5.74) is 8.48. The van der Waals surface area contributed by atoms with Gasteiger partial charge in [-0.05, 0) is 68.7 Å². The Balaban J connectivity index is 0.000000775. The Kier molecular flexibility index (Phi) is 8.91. The number of esters is 1. The van der Waals surface area contributed by atoms with Gasteiger partial charge in [-0.1, -0.05) is 24.3 Å². The molecule has 3 aromatic rings. The lowest BCUT2D eigenvalue weighted by molar-refractivity contribution is -2.00. The fraction of sp³-hybridized carbons (Fsp3) is 0.314. The lowest BCUT2D eigenvalue weighted by Gasteiger charge is -2.33. The maximum absolute atomic E-state index is 13.4. The molecule has 0 amide bonds. The van der Waals surface area contributed by atoms with Gasteiger partial charge in [0.2, 0.25) is 5.36 Å². The van der Waals surface area contributed by atoms with Crippen molar-refractivity contribution in [2.24, 2.45) is 0 Å². The van der Waals surface area contributed by atoms with Gasteiger partial charge in [-0.3, -0.25) is 0 Å². The number of hydrogen-bond acceptors (Lipinski definition) is 9. The van der Waals surface area contributed by atoms with Crippen LogP contribution in [0.15, 0.2) is 60.7 Å². The molecule has 0 aliphatic carbocycles. The number of carbonyl (C=O) groups excluding carboxylic acids is 1. The van der Waals surface area contributed by atoms with Crippen LogP contribution in [0.1, 0.15) is 74.2 Å². The molecule has 11 heteroatoms. The maximum Gasteiger partial charge on any atom is 0.338 e. The number of methoxy groups -OCH3 is 1. The third kappa shape index (κ3) is 7.18. The first kappa shape index (κ1) is 33.3. The molecule has 0 fully saturated rings. The molecular weight excluding hydrogens is 612 g/mol. The maximum atomic E-state index is 13.4. The number of ether oxygens (including phenoxy) is 3. The van der Waals surface area contributed by atoms with E-state index in [1.54, 1.807) is 7.11 Å². The number of nitrogens with one attached hydrogen (secondary N) is 2. The van der Waals surface area contributed by atoms with Crippen molar-refractivity contribution in [3.05, 3.63) is 99.1 Å². The Morgan fingerprint density at radius 1 is 0.870 bits per heavy atom. The molecule has 3 aliphatic rings. The van der Waals surface area contributed by atoms with E-state index in [2.05, 4.69) is 88.3 Å². The van der Waals surface area contributed by atoms with Crippen molar-refractivity contribution >= 4 is 28.4 Å². The first-order chi connectivity index (χ1) is 21.5. The summed E-state index contributed by atoms with van der Waals surface area (Å²) in [5, 5.41) is 5.61. The molecule has 0 saturated heterocycles. The van der Waals surface area contributed by atoms with Gasteiger partial charge in [-0.15, -0.1) is 10.2 Å². The highest BCUT2D eigenvalue weighted by atomic mass is 35.7. The van der Waals surface area contributed by atoms with Gasteiger partial charge in [0.05, 0.1) is 23.8 Å². The van der Waals surface area contributed by atoms with Crippen molar-refractivity contribution in [3.63, 3.8) is 0 Å². The van der Waals surface area contributed by atoms with Gasteiger partial charge >= 0.3 is 5.97 Å². The molecule has 0 bridgehead atoms. The normalized spacial score (nSPS) is 16.7. The summed E-state index contributed by atoms with van der Waals surface area (Å²) >= 11 is 0. The van der Waals surface area contributed by atoms with Crippen molar-refractivity contribution in [2.75, 3.05) is 25.6 Å². The Morgan fingerprint density at radius 2 is 1.54 bits per heavy atom. The van der Waals surface area contributed by atoms with Crippen LogP contribution in [0.5, 0.6) is 11.5 Å². The number of carbonyl (C=O) groups is 1. The molecule has 3 heterocycles. The largest absolute Gasteiger partial charge is 0.460 e. The molecule has 0 saturated carbocycles. The van der Waals surface area contributed by atoms with Crippen molar-refractivity contribution in [1.82, 2.24) is 0 Å². The minimum Gasteiger partial charge on any atom is -0.460 e. The predicted molar refractivity (Wildman–Crippen MR) is 162 cm³/mol. The van der Waals surface area contributed by atoms with Crippen LogP contribution in [0.4, 0.5) is 5.69 Å². The number of hydrogen-bond donors (Lipinski definition) is 2. The predicted octanol–water partition coefficient (Wildman–Crippen LogP) is -0.410. The Labute approximate surface area is 269 Å². The lowest BCUT2D eigenvalue weighted by atomic mass is 9.84. The van der Waals surface area contributed by atoms with Gasteiger partial charge in [0.1, 0.15) is 18.1 Å². The van der Waals surface area contributed by atoms with E-state index in [1.807, 2.05) is 24.3 Å². The van der Waals surface area contributed by atoms with Gasteiger partial charge < -0.3 is 19.5 Å². The van der Waals surface area contributed by atoms with Crippen molar-refractivity contribution in [1.29, 1.82) is 0 Å². The van der Waals surface area contributed by atoms with Crippen LogP contribution in [-0.4, -0.2) is 37.4 Å². The molecule has 0 spiro atoms. The van der Waals surface area contributed by atoms with Gasteiger partial charge in [-0.2, -0.15) is 0 Å². The molecule has 0 aromatic heterocycles. The monoisotopic (exact) mass is 648 g/mol. The number of benzene rings is 3. The second kappa shape index (κ2) is 12.3. The molecule has 3 aliphatic heterocycles. The van der Waals surface area contributed by atoms with Crippen LogP contribution in [-0.2, 0) is 9.47 Å². The number of fused-ring (bicyclic) bond motifs is 4.